The first-order chi connectivity index (χ1) is 14.3. The summed E-state index contributed by atoms with van der Waals surface area (Å²) in [7, 11) is -17.5. The van der Waals surface area contributed by atoms with Crippen molar-refractivity contribution in [3.8, 4) is 0 Å². The van der Waals surface area contributed by atoms with Crippen LogP contribution >= 0.6 is 23.5 Å². The minimum Gasteiger partial charge on any atom is -0.383 e. The van der Waals surface area contributed by atoms with Crippen molar-refractivity contribution in [2.75, 3.05) is 13.3 Å². The zero-order chi connectivity index (χ0) is 24.8. The van der Waals surface area contributed by atoms with Crippen LogP contribution in [0.3, 0.4) is 0 Å². The maximum absolute atomic E-state index is 15.1. The normalized spacial score (nSPS) is 34.8. The van der Waals surface area contributed by atoms with Gasteiger partial charge < -0.3 is 34.7 Å². The van der Waals surface area contributed by atoms with Gasteiger partial charge in [-0.3, -0.25) is 9.42 Å². The van der Waals surface area contributed by atoms with E-state index >= 15 is 8.78 Å². The molecule has 6 atom stereocenters. The number of rotatable bonds is 9. The van der Waals surface area contributed by atoms with Gasteiger partial charge in [-0.2, -0.15) is 8.62 Å². The second kappa shape index (κ2) is 8.91. The number of phosphoric ester groups is 1. The summed E-state index contributed by atoms with van der Waals surface area (Å²) in [6.45, 7) is -0.704. The monoisotopic (exact) mass is 534 g/mol. The Bertz CT molecular complexity index is 961. The second-order valence-electron chi connectivity index (χ2n) is 6.26. The molecule has 2 aliphatic rings. The van der Waals surface area contributed by atoms with Crippen molar-refractivity contribution < 1.29 is 74.2 Å². The van der Waals surface area contributed by atoms with Crippen LogP contribution < -0.4 is 5.32 Å². The first-order valence-corrected chi connectivity index (χ1v) is 12.4. The lowest BCUT2D eigenvalue weighted by molar-refractivity contribution is -0.205. The summed E-state index contributed by atoms with van der Waals surface area (Å²) < 4.78 is 92.4. The van der Waals surface area contributed by atoms with Gasteiger partial charge in [-0.1, -0.05) is 6.58 Å². The molecule has 15 nitrogen and oxygen atoms in total. The molecule has 2 heterocycles. The number of allylic oxidation sites excluding steroid dienone is 1. The van der Waals surface area contributed by atoms with Crippen LogP contribution in [0, 0.1) is 0 Å². The smallest absolute Gasteiger partial charge is 0.383 e. The summed E-state index contributed by atoms with van der Waals surface area (Å²) >= 11 is 0. The number of ether oxygens (including phenoxy) is 1. The maximum atomic E-state index is 15.1. The molecule has 32 heavy (non-hydrogen) atoms. The SMILES string of the molecule is C=C1C=CN([C@@H]2O[C@](F)(COP(=O)(O)OP(=O)(O)OP(=O)(O)O)[C@H](O)C2(F)CF)C(=O)N1. The van der Waals surface area contributed by atoms with Crippen molar-refractivity contribution in [3.63, 3.8) is 0 Å². The molecule has 0 saturated carbocycles. The van der Waals surface area contributed by atoms with Crippen LogP contribution in [0.4, 0.5) is 18.0 Å². The van der Waals surface area contributed by atoms with E-state index in [4.69, 9.17) is 14.7 Å². The third kappa shape index (κ3) is 6.05. The molecule has 2 aliphatic heterocycles. The van der Waals surface area contributed by atoms with Gasteiger partial charge in [-0.25, -0.2) is 31.7 Å². The number of carbonyl (C=O) groups excluding carboxylic acids is 1. The highest BCUT2D eigenvalue weighted by Crippen LogP contribution is 2.66. The molecule has 0 aromatic heterocycles. The molecule has 0 radical (unpaired) electrons. The van der Waals surface area contributed by atoms with Gasteiger partial charge in [0.05, 0.1) is 0 Å². The van der Waals surface area contributed by atoms with E-state index in [0.29, 0.717) is 4.90 Å². The number of nitrogens with one attached hydrogen (secondary N) is 1. The number of amides is 2. The highest BCUT2D eigenvalue weighted by atomic mass is 31.3. The van der Waals surface area contributed by atoms with Gasteiger partial charge in [-0.05, 0) is 6.08 Å². The van der Waals surface area contributed by atoms with Crippen molar-refractivity contribution in [1.82, 2.24) is 10.2 Å². The third-order valence-corrected chi connectivity index (χ3v) is 7.60. The molecule has 0 aromatic rings. The van der Waals surface area contributed by atoms with Crippen molar-refractivity contribution in [3.05, 3.63) is 24.6 Å². The lowest BCUT2D eigenvalue weighted by Gasteiger charge is -2.33. The Morgan fingerprint density at radius 3 is 2.28 bits per heavy atom. The largest absolute Gasteiger partial charge is 0.490 e. The molecular formula is C11H16F3N2O13P3. The third-order valence-electron chi connectivity index (χ3n) is 3.82. The molecule has 2 amide bonds. The second-order valence-corrected chi connectivity index (χ2v) is 10.7. The Morgan fingerprint density at radius 2 is 1.78 bits per heavy atom. The van der Waals surface area contributed by atoms with Gasteiger partial charge in [0.1, 0.15) is 13.3 Å². The predicted molar refractivity (Wildman–Crippen MR) is 93.0 cm³/mol. The van der Waals surface area contributed by atoms with Crippen molar-refractivity contribution in [2.24, 2.45) is 0 Å². The molecule has 2 rings (SSSR count). The first-order valence-electron chi connectivity index (χ1n) is 7.89. The van der Waals surface area contributed by atoms with Gasteiger partial charge in [-0.15, -0.1) is 0 Å². The number of hydrogen-bond acceptors (Lipinski definition) is 9. The molecule has 0 aliphatic carbocycles. The Balaban J connectivity index is 2.21. The van der Waals surface area contributed by atoms with Crippen LogP contribution in [0.15, 0.2) is 24.6 Å². The summed E-state index contributed by atoms with van der Waals surface area (Å²) in [5.41, 5.74) is -3.61. The van der Waals surface area contributed by atoms with Crippen molar-refractivity contribution >= 4 is 29.5 Å². The van der Waals surface area contributed by atoms with Gasteiger partial charge in [0.15, 0.2) is 12.3 Å². The Morgan fingerprint density at radius 1 is 1.19 bits per heavy atom. The van der Waals surface area contributed by atoms with Crippen LogP contribution in [-0.4, -0.2) is 72.7 Å². The number of halogens is 3. The number of alkyl halides is 3. The minimum absolute atomic E-state index is 0.0219. The summed E-state index contributed by atoms with van der Waals surface area (Å²) in [6, 6.07) is -1.16. The molecule has 1 saturated heterocycles. The average Bonchev–Trinajstić information content (AvgIpc) is 2.80. The summed E-state index contributed by atoms with van der Waals surface area (Å²) in [5.74, 6) is -3.83. The van der Waals surface area contributed by atoms with E-state index in [-0.39, 0.29) is 5.70 Å². The molecule has 1 fully saturated rings. The molecular weight excluding hydrogens is 518 g/mol. The highest BCUT2D eigenvalue weighted by molar-refractivity contribution is 7.66. The standard InChI is InChI=1S/C11H16F3N2O13P3/c1-6-2-3-16(9(18)15-6)8-10(13,4-12)7(17)11(14,27-8)5-26-31(22,23)29-32(24,25)28-30(19,20)21/h2-3,7-8,17H,1,4-5H2,(H,15,18)(H,22,23)(H,24,25)(H2,19,20,21)/t7-,8-,10?,11-/m1/s1. The Labute approximate surface area is 176 Å². The van der Waals surface area contributed by atoms with Crippen molar-refractivity contribution in [2.45, 2.75) is 23.9 Å². The lowest BCUT2D eigenvalue weighted by atomic mass is 9.96. The minimum atomic E-state index is -5.95. The molecule has 21 heteroatoms. The molecule has 3 unspecified atom stereocenters. The molecule has 0 spiro atoms. The number of urea groups is 1. The summed E-state index contributed by atoms with van der Waals surface area (Å²) in [4.78, 5) is 47.5. The number of nitrogens with zero attached hydrogens (tertiary/aromatic N) is 1. The van der Waals surface area contributed by atoms with Gasteiger partial charge in [0.2, 0.25) is 5.67 Å². The van der Waals surface area contributed by atoms with Crippen LogP contribution in [0.25, 0.3) is 0 Å². The van der Waals surface area contributed by atoms with Crippen molar-refractivity contribution in [1.29, 1.82) is 0 Å². The van der Waals surface area contributed by atoms with E-state index < -0.39 is 66.6 Å². The number of phosphoric acid groups is 3. The van der Waals surface area contributed by atoms with E-state index in [0.717, 1.165) is 12.3 Å². The quantitative estimate of drug-likeness (QED) is 0.221. The number of aliphatic hydroxyl groups excluding tert-OH is 1. The molecule has 6 N–H and O–H groups in total. The number of carbonyl (C=O) groups is 1. The fourth-order valence-corrected chi connectivity index (χ4v) is 5.55. The van der Waals surface area contributed by atoms with Crippen LogP contribution in [-0.2, 0) is 31.6 Å². The van der Waals surface area contributed by atoms with E-state index in [9.17, 15) is 32.9 Å². The predicted octanol–water partition coefficient (Wildman–Crippen LogP) is 0.443. The summed E-state index contributed by atoms with van der Waals surface area (Å²) in [6.07, 6.45) is -3.65. The zero-order valence-electron chi connectivity index (χ0n) is 15.4. The Hall–Kier alpha value is -1.13. The molecule has 0 aromatic carbocycles. The Kier molecular flexibility index (Phi) is 7.55. The number of hydrogen-bond donors (Lipinski definition) is 6. The van der Waals surface area contributed by atoms with E-state index in [2.05, 4.69) is 29.8 Å². The van der Waals surface area contributed by atoms with Gasteiger partial charge in [0, 0.05) is 11.9 Å². The van der Waals surface area contributed by atoms with E-state index in [1.54, 1.807) is 0 Å². The topological polar surface area (TPSA) is 222 Å². The van der Waals surface area contributed by atoms with E-state index in [1.807, 2.05) is 0 Å². The lowest BCUT2D eigenvalue weighted by Crippen LogP contribution is -2.56. The first kappa shape index (κ1) is 27.1. The zero-order valence-corrected chi connectivity index (χ0v) is 18.0. The van der Waals surface area contributed by atoms with Gasteiger partial charge in [0.25, 0.3) is 5.85 Å². The number of aliphatic hydroxyl groups is 1. The highest BCUT2D eigenvalue weighted by Gasteiger charge is 2.69. The van der Waals surface area contributed by atoms with Crippen LogP contribution in [0.1, 0.15) is 0 Å². The molecule has 184 valence electrons. The van der Waals surface area contributed by atoms with Gasteiger partial charge >= 0.3 is 29.5 Å². The maximum Gasteiger partial charge on any atom is 0.490 e. The fraction of sp³-hybridized carbons (Fsp3) is 0.545. The van der Waals surface area contributed by atoms with Crippen LogP contribution in [0.5, 0.6) is 0 Å². The molecule has 0 bridgehead atoms. The summed E-state index contributed by atoms with van der Waals surface area (Å²) in [5, 5.41) is 12.0. The average molecular weight is 534 g/mol. The van der Waals surface area contributed by atoms with Crippen LogP contribution in [0.2, 0.25) is 0 Å². The fourth-order valence-electron chi connectivity index (χ4n) is 2.52. The van der Waals surface area contributed by atoms with E-state index in [1.165, 1.54) is 0 Å².